The van der Waals surface area contributed by atoms with E-state index in [0.717, 1.165) is 62.0 Å². The molecule has 2 saturated heterocycles. The van der Waals surface area contributed by atoms with E-state index < -0.39 is 0 Å². The SMILES string of the molecule is CNCCN[C@@H]1CCCN(c2c(Cl)cccc2/C=C2\SC(=O)NC2=O)C1. The molecule has 1 atom stereocenters. The summed E-state index contributed by atoms with van der Waals surface area (Å²) in [6, 6.07) is 6.07. The largest absolute Gasteiger partial charge is 0.368 e. The number of hydrogen-bond donors (Lipinski definition) is 3. The molecular weight excluding hydrogens is 372 g/mol. The van der Waals surface area contributed by atoms with Crippen LogP contribution in [-0.4, -0.2) is 50.4 Å². The third kappa shape index (κ3) is 4.59. The van der Waals surface area contributed by atoms with Gasteiger partial charge in [-0.3, -0.25) is 14.9 Å². The molecule has 2 aliphatic heterocycles. The number of amides is 2. The van der Waals surface area contributed by atoms with E-state index in [1.54, 1.807) is 6.08 Å². The molecule has 0 spiro atoms. The standard InChI is InChI=1S/C18H23ClN4O2S/c1-20-7-8-21-13-5-3-9-23(11-13)16-12(4-2-6-14(16)19)10-15-17(24)22-18(25)26-15/h2,4,6,10,13,20-21H,3,5,7-9,11H2,1H3,(H,22,24,25)/b15-10-/t13-/m1/s1. The van der Waals surface area contributed by atoms with Gasteiger partial charge in [0.2, 0.25) is 0 Å². The number of carbonyl (C=O) groups is 2. The molecule has 1 aromatic rings. The predicted molar refractivity (Wildman–Crippen MR) is 108 cm³/mol. The molecule has 0 bridgehead atoms. The second kappa shape index (κ2) is 8.90. The van der Waals surface area contributed by atoms with Gasteiger partial charge in [-0.15, -0.1) is 0 Å². The van der Waals surface area contributed by atoms with E-state index in [-0.39, 0.29) is 11.1 Å². The van der Waals surface area contributed by atoms with E-state index in [1.807, 2.05) is 25.2 Å². The first-order valence-corrected chi connectivity index (χ1v) is 9.94. The molecule has 26 heavy (non-hydrogen) atoms. The molecule has 2 heterocycles. The lowest BCUT2D eigenvalue weighted by atomic mass is 10.0. The van der Waals surface area contributed by atoms with Gasteiger partial charge in [0.25, 0.3) is 11.1 Å². The Labute approximate surface area is 162 Å². The summed E-state index contributed by atoms with van der Waals surface area (Å²) >= 11 is 7.44. The molecule has 0 aromatic heterocycles. The number of halogens is 1. The Bertz CT molecular complexity index is 725. The van der Waals surface area contributed by atoms with Gasteiger partial charge < -0.3 is 15.5 Å². The van der Waals surface area contributed by atoms with Gasteiger partial charge in [-0.1, -0.05) is 23.7 Å². The number of hydrogen-bond acceptors (Lipinski definition) is 6. The highest BCUT2D eigenvalue weighted by Gasteiger charge is 2.27. The van der Waals surface area contributed by atoms with Gasteiger partial charge in [-0.2, -0.15) is 0 Å². The Kier molecular flexibility index (Phi) is 6.58. The number of imide groups is 1. The number of carbonyl (C=O) groups excluding carboxylic acids is 2. The van der Waals surface area contributed by atoms with Crippen molar-refractivity contribution >= 4 is 46.3 Å². The van der Waals surface area contributed by atoms with Crippen LogP contribution < -0.4 is 20.9 Å². The molecule has 0 aliphatic carbocycles. The van der Waals surface area contributed by atoms with E-state index in [4.69, 9.17) is 11.6 Å². The maximum atomic E-state index is 11.9. The first kappa shape index (κ1) is 19.2. The minimum absolute atomic E-state index is 0.336. The van der Waals surface area contributed by atoms with Crippen molar-refractivity contribution in [3.63, 3.8) is 0 Å². The fraction of sp³-hybridized carbons (Fsp3) is 0.444. The van der Waals surface area contributed by atoms with Gasteiger partial charge in [0.1, 0.15) is 0 Å². The van der Waals surface area contributed by atoms with Crippen LogP contribution in [0.2, 0.25) is 5.02 Å². The lowest BCUT2D eigenvalue weighted by molar-refractivity contribution is -0.115. The number of rotatable bonds is 6. The number of nitrogens with one attached hydrogen (secondary N) is 3. The fourth-order valence-electron chi connectivity index (χ4n) is 3.29. The quantitative estimate of drug-likeness (QED) is 0.508. The van der Waals surface area contributed by atoms with Gasteiger partial charge in [0, 0.05) is 37.8 Å². The monoisotopic (exact) mass is 394 g/mol. The summed E-state index contributed by atoms with van der Waals surface area (Å²) in [7, 11) is 1.94. The fourth-order valence-corrected chi connectivity index (χ4v) is 4.27. The Hall–Kier alpha value is -1.54. The van der Waals surface area contributed by atoms with Crippen LogP contribution in [0.15, 0.2) is 23.1 Å². The van der Waals surface area contributed by atoms with Gasteiger partial charge in [-0.25, -0.2) is 0 Å². The summed E-state index contributed by atoms with van der Waals surface area (Å²) in [5.74, 6) is -0.351. The van der Waals surface area contributed by atoms with Gasteiger partial charge in [0.05, 0.1) is 15.6 Å². The van der Waals surface area contributed by atoms with Crippen LogP contribution >= 0.6 is 23.4 Å². The Morgan fingerprint density at radius 2 is 2.23 bits per heavy atom. The minimum Gasteiger partial charge on any atom is -0.368 e. The second-order valence-corrected chi connectivity index (χ2v) is 7.79. The van der Waals surface area contributed by atoms with Crippen molar-refractivity contribution in [3.05, 3.63) is 33.7 Å². The lowest BCUT2D eigenvalue weighted by Crippen LogP contribution is -2.47. The van der Waals surface area contributed by atoms with Gasteiger partial charge >= 0.3 is 0 Å². The normalized spacial score (nSPS) is 22.2. The molecule has 8 heteroatoms. The average molecular weight is 395 g/mol. The van der Waals surface area contributed by atoms with Crippen molar-refractivity contribution in [2.75, 3.05) is 38.1 Å². The third-order valence-electron chi connectivity index (χ3n) is 4.49. The van der Waals surface area contributed by atoms with Crippen LogP contribution in [-0.2, 0) is 4.79 Å². The first-order chi connectivity index (χ1) is 12.6. The molecule has 140 valence electrons. The van der Waals surface area contributed by atoms with Crippen LogP contribution in [0.3, 0.4) is 0 Å². The topological polar surface area (TPSA) is 73.5 Å². The highest BCUT2D eigenvalue weighted by molar-refractivity contribution is 8.18. The van der Waals surface area contributed by atoms with E-state index in [1.165, 1.54) is 0 Å². The Balaban J connectivity index is 1.82. The Morgan fingerprint density at radius 3 is 2.96 bits per heavy atom. The zero-order valence-electron chi connectivity index (χ0n) is 14.7. The second-order valence-electron chi connectivity index (χ2n) is 6.37. The van der Waals surface area contributed by atoms with Crippen LogP contribution in [0.4, 0.5) is 10.5 Å². The number of thioether (sulfide) groups is 1. The highest BCUT2D eigenvalue weighted by atomic mass is 35.5. The highest BCUT2D eigenvalue weighted by Crippen LogP contribution is 2.35. The van der Waals surface area contributed by atoms with E-state index >= 15 is 0 Å². The molecule has 2 fully saturated rings. The summed E-state index contributed by atoms with van der Waals surface area (Å²) < 4.78 is 0. The van der Waals surface area contributed by atoms with Gasteiger partial charge in [-0.05, 0) is 43.8 Å². The van der Waals surface area contributed by atoms with Crippen molar-refractivity contribution < 1.29 is 9.59 Å². The summed E-state index contributed by atoms with van der Waals surface area (Å²) in [4.78, 5) is 26.0. The lowest BCUT2D eigenvalue weighted by Gasteiger charge is -2.36. The zero-order chi connectivity index (χ0) is 18.5. The summed E-state index contributed by atoms with van der Waals surface area (Å²) in [5.41, 5.74) is 1.79. The molecule has 3 rings (SSSR count). The van der Waals surface area contributed by atoms with Crippen LogP contribution in [0.25, 0.3) is 6.08 Å². The predicted octanol–water partition coefficient (Wildman–Crippen LogP) is 2.44. The van der Waals surface area contributed by atoms with E-state index in [9.17, 15) is 9.59 Å². The molecule has 2 amide bonds. The maximum Gasteiger partial charge on any atom is 0.290 e. The van der Waals surface area contributed by atoms with Crippen molar-refractivity contribution in [2.24, 2.45) is 0 Å². The van der Waals surface area contributed by atoms with Crippen molar-refractivity contribution in [1.82, 2.24) is 16.0 Å². The van der Waals surface area contributed by atoms with E-state index in [0.29, 0.717) is 16.0 Å². The summed E-state index contributed by atoms with van der Waals surface area (Å²) in [6.45, 7) is 3.64. The number of piperidine rings is 1. The average Bonchev–Trinajstić information content (AvgIpc) is 2.93. The zero-order valence-corrected chi connectivity index (χ0v) is 16.3. The van der Waals surface area contributed by atoms with Crippen molar-refractivity contribution in [1.29, 1.82) is 0 Å². The molecular formula is C18H23ClN4O2S. The van der Waals surface area contributed by atoms with Crippen LogP contribution in [0, 0.1) is 0 Å². The number of nitrogens with zero attached hydrogens (tertiary/aromatic N) is 1. The smallest absolute Gasteiger partial charge is 0.290 e. The Morgan fingerprint density at radius 1 is 1.38 bits per heavy atom. The first-order valence-electron chi connectivity index (χ1n) is 8.75. The number of likely N-dealkylation sites (N-methyl/N-ethyl adjacent to an activating group) is 1. The summed E-state index contributed by atoms with van der Waals surface area (Å²) in [5, 5.41) is 9.33. The van der Waals surface area contributed by atoms with Crippen molar-refractivity contribution in [3.8, 4) is 0 Å². The van der Waals surface area contributed by atoms with E-state index in [2.05, 4.69) is 20.9 Å². The summed E-state index contributed by atoms with van der Waals surface area (Å²) in [6.07, 6.45) is 3.96. The number of benzene rings is 1. The van der Waals surface area contributed by atoms with Crippen LogP contribution in [0.1, 0.15) is 18.4 Å². The van der Waals surface area contributed by atoms with Gasteiger partial charge in [0.15, 0.2) is 0 Å². The van der Waals surface area contributed by atoms with Crippen molar-refractivity contribution in [2.45, 2.75) is 18.9 Å². The molecule has 6 nitrogen and oxygen atoms in total. The minimum atomic E-state index is -0.351. The molecule has 1 aromatic carbocycles. The maximum absolute atomic E-state index is 11.9. The third-order valence-corrected chi connectivity index (χ3v) is 5.61. The van der Waals surface area contributed by atoms with Crippen LogP contribution in [0.5, 0.6) is 0 Å². The molecule has 0 radical (unpaired) electrons. The number of anilines is 1. The number of para-hydroxylation sites is 1. The molecule has 0 unspecified atom stereocenters. The molecule has 3 N–H and O–H groups in total. The molecule has 0 saturated carbocycles. The molecule has 2 aliphatic rings.